The molecule has 0 amide bonds. The second-order valence-electron chi connectivity index (χ2n) is 4.73. The van der Waals surface area contributed by atoms with Gasteiger partial charge in [-0.2, -0.15) is 0 Å². The van der Waals surface area contributed by atoms with Crippen LogP contribution in [0.5, 0.6) is 0 Å². The van der Waals surface area contributed by atoms with Crippen LogP contribution in [0.15, 0.2) is 72.8 Å². The van der Waals surface area contributed by atoms with Gasteiger partial charge in [-0.1, -0.05) is 78.6 Å². The van der Waals surface area contributed by atoms with Gasteiger partial charge >= 0.3 is 0 Å². The average Bonchev–Trinajstić information content (AvgIpc) is 2.52. The molecular weight excluding hydrogens is 240 g/mol. The minimum atomic E-state index is 0.924. The number of rotatable bonds is 5. The molecule has 0 spiro atoms. The first kappa shape index (κ1) is 14.2. The van der Waals surface area contributed by atoms with Crippen LogP contribution in [0.3, 0.4) is 0 Å². The first-order valence-electron chi connectivity index (χ1n) is 7.16. The molecule has 0 aliphatic rings. The van der Waals surface area contributed by atoms with E-state index in [-0.39, 0.29) is 0 Å². The summed E-state index contributed by atoms with van der Waals surface area (Å²) in [5.74, 6) is 6.31. The minimum absolute atomic E-state index is 0.924. The van der Waals surface area contributed by atoms with Crippen LogP contribution < -0.4 is 0 Å². The first-order valence-corrected chi connectivity index (χ1v) is 7.16. The maximum atomic E-state index is 3.20. The fraction of sp³-hybridized carbons (Fsp3) is 0.200. The van der Waals surface area contributed by atoms with Crippen LogP contribution >= 0.6 is 0 Å². The summed E-state index contributed by atoms with van der Waals surface area (Å²) in [6.07, 6.45) is 8.23. The van der Waals surface area contributed by atoms with Crippen molar-refractivity contribution in [2.75, 3.05) is 0 Å². The van der Waals surface area contributed by atoms with E-state index in [1.807, 2.05) is 12.1 Å². The van der Waals surface area contributed by atoms with Crippen LogP contribution in [0.4, 0.5) is 0 Å². The van der Waals surface area contributed by atoms with Gasteiger partial charge in [0.25, 0.3) is 0 Å². The standard InChI is InChI=1S/C20H20/c1(3-7-13-19-15-9-5-10-16-19)2-4-8-14-20-17-11-6-12-18-20/h1,3,5-6,9-12,15-18H,7-8,13-14H2/b3-1-. The summed E-state index contributed by atoms with van der Waals surface area (Å²) in [7, 11) is 0. The SMILES string of the molecule is C(#CCCc1ccccc1)/C=C\CCc1ccccc1. The smallest absolute Gasteiger partial charge is 0.0133 e. The van der Waals surface area contributed by atoms with Crippen LogP contribution in [0.1, 0.15) is 24.0 Å². The summed E-state index contributed by atoms with van der Waals surface area (Å²) in [5, 5.41) is 0. The van der Waals surface area contributed by atoms with Gasteiger partial charge in [0.05, 0.1) is 0 Å². The topological polar surface area (TPSA) is 0 Å². The van der Waals surface area contributed by atoms with Crippen molar-refractivity contribution in [1.29, 1.82) is 0 Å². The lowest BCUT2D eigenvalue weighted by molar-refractivity contribution is 1.00. The van der Waals surface area contributed by atoms with Crippen LogP contribution in [-0.4, -0.2) is 0 Å². The molecule has 2 rings (SSSR count). The Hall–Kier alpha value is -2.26. The molecule has 2 aromatic carbocycles. The van der Waals surface area contributed by atoms with E-state index in [4.69, 9.17) is 0 Å². The predicted molar refractivity (Wildman–Crippen MR) is 86.4 cm³/mol. The van der Waals surface area contributed by atoms with Gasteiger partial charge in [0.2, 0.25) is 0 Å². The van der Waals surface area contributed by atoms with Crippen molar-refractivity contribution in [3.8, 4) is 11.8 Å². The van der Waals surface area contributed by atoms with Crippen molar-refractivity contribution in [2.24, 2.45) is 0 Å². The molecule has 100 valence electrons. The Morgan fingerprint density at radius 3 is 2.00 bits per heavy atom. The summed E-state index contributed by atoms with van der Waals surface area (Å²) in [5.41, 5.74) is 2.74. The molecule has 0 heteroatoms. The highest BCUT2D eigenvalue weighted by atomic mass is 13.9. The normalized spacial score (nSPS) is 10.2. The van der Waals surface area contributed by atoms with E-state index in [1.165, 1.54) is 11.1 Å². The highest BCUT2D eigenvalue weighted by molar-refractivity contribution is 5.20. The molecule has 20 heavy (non-hydrogen) atoms. The quantitative estimate of drug-likeness (QED) is 0.677. The summed E-state index contributed by atoms with van der Waals surface area (Å²) in [6, 6.07) is 21.1. The lowest BCUT2D eigenvalue weighted by Crippen LogP contribution is -1.81. The maximum absolute atomic E-state index is 3.20. The Labute approximate surface area is 122 Å². The second kappa shape index (κ2) is 8.77. The Bertz CT molecular complexity index is 568. The summed E-state index contributed by atoms with van der Waals surface area (Å²) >= 11 is 0. The molecular formula is C20H20. The fourth-order valence-electron chi connectivity index (χ4n) is 2.02. The third-order valence-electron chi connectivity index (χ3n) is 3.13. The van der Waals surface area contributed by atoms with E-state index in [9.17, 15) is 0 Å². The van der Waals surface area contributed by atoms with E-state index in [0.717, 1.165) is 25.7 Å². The Kier molecular flexibility index (Phi) is 6.21. The molecule has 0 aliphatic carbocycles. The molecule has 0 fully saturated rings. The van der Waals surface area contributed by atoms with Crippen molar-refractivity contribution in [1.82, 2.24) is 0 Å². The van der Waals surface area contributed by atoms with E-state index >= 15 is 0 Å². The number of hydrogen-bond donors (Lipinski definition) is 0. The number of aryl methyl sites for hydroxylation is 2. The van der Waals surface area contributed by atoms with Crippen LogP contribution in [0, 0.1) is 11.8 Å². The molecule has 0 unspecified atom stereocenters. The third kappa shape index (κ3) is 5.59. The Morgan fingerprint density at radius 1 is 0.750 bits per heavy atom. The van der Waals surface area contributed by atoms with Crippen LogP contribution in [0.25, 0.3) is 0 Å². The Balaban J connectivity index is 1.63. The Morgan fingerprint density at radius 2 is 1.35 bits per heavy atom. The molecule has 0 radical (unpaired) electrons. The zero-order valence-electron chi connectivity index (χ0n) is 11.8. The van der Waals surface area contributed by atoms with E-state index in [0.29, 0.717) is 0 Å². The van der Waals surface area contributed by atoms with Crippen molar-refractivity contribution >= 4 is 0 Å². The highest BCUT2D eigenvalue weighted by Crippen LogP contribution is 2.03. The maximum Gasteiger partial charge on any atom is 0.0133 e. The van der Waals surface area contributed by atoms with E-state index < -0.39 is 0 Å². The van der Waals surface area contributed by atoms with Gasteiger partial charge in [0, 0.05) is 6.42 Å². The number of benzene rings is 2. The lowest BCUT2D eigenvalue weighted by atomic mass is 10.1. The van der Waals surface area contributed by atoms with Gasteiger partial charge in [-0.3, -0.25) is 0 Å². The average molecular weight is 260 g/mol. The predicted octanol–water partition coefficient (Wildman–Crippen LogP) is 4.81. The van der Waals surface area contributed by atoms with Crippen molar-refractivity contribution in [2.45, 2.75) is 25.7 Å². The molecule has 0 bridgehead atoms. The summed E-state index contributed by atoms with van der Waals surface area (Å²) < 4.78 is 0. The number of hydrogen-bond acceptors (Lipinski definition) is 0. The first-order chi connectivity index (χ1) is 9.95. The van der Waals surface area contributed by atoms with Gasteiger partial charge in [0.1, 0.15) is 0 Å². The summed E-state index contributed by atoms with van der Waals surface area (Å²) in [6.45, 7) is 0. The van der Waals surface area contributed by atoms with Gasteiger partial charge in [-0.05, 0) is 36.5 Å². The molecule has 0 saturated heterocycles. The zero-order valence-corrected chi connectivity index (χ0v) is 11.8. The molecule has 0 heterocycles. The van der Waals surface area contributed by atoms with Gasteiger partial charge in [0.15, 0.2) is 0 Å². The van der Waals surface area contributed by atoms with Gasteiger partial charge in [-0.25, -0.2) is 0 Å². The summed E-state index contributed by atoms with van der Waals surface area (Å²) in [4.78, 5) is 0. The number of allylic oxidation sites excluding steroid dienone is 2. The fourth-order valence-corrected chi connectivity index (χ4v) is 2.02. The lowest BCUT2D eigenvalue weighted by Gasteiger charge is -1.95. The van der Waals surface area contributed by atoms with Crippen LogP contribution in [0.2, 0.25) is 0 Å². The molecule has 0 atom stereocenters. The molecule has 0 N–H and O–H groups in total. The van der Waals surface area contributed by atoms with Crippen molar-refractivity contribution in [3.63, 3.8) is 0 Å². The van der Waals surface area contributed by atoms with Crippen molar-refractivity contribution < 1.29 is 0 Å². The molecule has 2 aromatic rings. The molecule has 0 nitrogen and oxygen atoms in total. The van der Waals surface area contributed by atoms with E-state index in [2.05, 4.69) is 72.5 Å². The third-order valence-corrected chi connectivity index (χ3v) is 3.13. The van der Waals surface area contributed by atoms with Gasteiger partial charge < -0.3 is 0 Å². The highest BCUT2D eigenvalue weighted by Gasteiger charge is 1.88. The molecule has 0 aliphatic heterocycles. The monoisotopic (exact) mass is 260 g/mol. The second-order valence-corrected chi connectivity index (χ2v) is 4.73. The van der Waals surface area contributed by atoms with Crippen LogP contribution in [-0.2, 0) is 12.8 Å². The van der Waals surface area contributed by atoms with E-state index in [1.54, 1.807) is 0 Å². The minimum Gasteiger partial charge on any atom is -0.0982 e. The van der Waals surface area contributed by atoms with Gasteiger partial charge in [-0.15, -0.1) is 0 Å². The molecule has 0 aromatic heterocycles. The largest absolute Gasteiger partial charge is 0.0982 e. The van der Waals surface area contributed by atoms with Crippen molar-refractivity contribution in [3.05, 3.63) is 83.9 Å². The molecule has 0 saturated carbocycles. The zero-order chi connectivity index (χ0) is 13.9.